The number of aliphatic hydroxyl groups excluding tert-OH is 1. The minimum atomic E-state index is -0.170. The van der Waals surface area contributed by atoms with Crippen molar-refractivity contribution < 1.29 is 5.11 Å². The summed E-state index contributed by atoms with van der Waals surface area (Å²) in [5.74, 6) is 1.06. The number of aryl methyl sites for hydroxylation is 1. The van der Waals surface area contributed by atoms with Crippen LogP contribution in [0.5, 0.6) is 0 Å². The van der Waals surface area contributed by atoms with Crippen LogP contribution in [-0.4, -0.2) is 32.7 Å². The molecule has 0 bridgehead atoms. The molecule has 0 saturated heterocycles. The Bertz CT molecular complexity index is 933. The molecule has 3 N–H and O–H groups in total. The van der Waals surface area contributed by atoms with Crippen molar-refractivity contribution in [2.24, 2.45) is 0 Å². The van der Waals surface area contributed by atoms with E-state index in [1.807, 2.05) is 51.1 Å². The Morgan fingerprint density at radius 2 is 2.00 bits per heavy atom. The molecule has 2 aromatic heterocycles. The number of aromatic nitrogens is 3. The van der Waals surface area contributed by atoms with Crippen molar-refractivity contribution in [1.82, 2.24) is 15.0 Å². The molecule has 0 aliphatic heterocycles. The maximum Gasteiger partial charge on any atom is 0.225 e. The number of benzene rings is 1. The molecule has 0 aliphatic carbocycles. The van der Waals surface area contributed by atoms with Crippen LogP contribution in [0.25, 0.3) is 11.3 Å². The number of nitrogens with one attached hydrogen (secondary N) is 2. The van der Waals surface area contributed by atoms with Crippen molar-refractivity contribution in [3.63, 3.8) is 0 Å². The number of rotatable bonds is 6. The van der Waals surface area contributed by atoms with Crippen molar-refractivity contribution in [1.29, 1.82) is 0 Å². The van der Waals surface area contributed by atoms with E-state index in [0.29, 0.717) is 16.8 Å². The molecule has 0 spiro atoms. The number of anilines is 3. The molecule has 0 fully saturated rings. The molecule has 0 aliphatic rings. The lowest BCUT2D eigenvalue weighted by Gasteiger charge is -2.16. The fourth-order valence-electron chi connectivity index (χ4n) is 2.65. The molecule has 0 saturated carbocycles. The first-order valence-corrected chi connectivity index (χ1v) is 9.05. The lowest BCUT2D eigenvalue weighted by atomic mass is 10.1. The second kappa shape index (κ2) is 8.33. The van der Waals surface area contributed by atoms with Crippen LogP contribution in [0.1, 0.15) is 18.1 Å². The lowest BCUT2D eigenvalue weighted by Crippen LogP contribution is -2.21. The first kappa shape index (κ1) is 19.1. The Morgan fingerprint density at radius 1 is 1.19 bits per heavy atom. The molecule has 2 heterocycles. The molecular formula is C20H22ClN5O. The quantitative estimate of drug-likeness (QED) is 0.587. The van der Waals surface area contributed by atoms with Crippen LogP contribution < -0.4 is 10.6 Å². The zero-order valence-corrected chi connectivity index (χ0v) is 16.2. The summed E-state index contributed by atoms with van der Waals surface area (Å²) < 4.78 is 0. The molecule has 7 heteroatoms. The molecule has 0 unspecified atom stereocenters. The second-order valence-corrected chi connectivity index (χ2v) is 6.83. The fourth-order valence-corrected chi connectivity index (χ4v) is 2.80. The number of halogens is 1. The number of aliphatic hydroxyl groups is 1. The minimum absolute atomic E-state index is 0.0181. The summed E-state index contributed by atoms with van der Waals surface area (Å²) in [6, 6.07) is 9.35. The zero-order valence-electron chi connectivity index (χ0n) is 15.5. The van der Waals surface area contributed by atoms with E-state index in [1.165, 1.54) is 0 Å². The van der Waals surface area contributed by atoms with E-state index >= 15 is 0 Å². The van der Waals surface area contributed by atoms with E-state index in [4.69, 9.17) is 11.6 Å². The van der Waals surface area contributed by atoms with Gasteiger partial charge in [0.25, 0.3) is 0 Å². The Morgan fingerprint density at radius 3 is 2.70 bits per heavy atom. The van der Waals surface area contributed by atoms with Crippen molar-refractivity contribution in [3.8, 4) is 11.3 Å². The molecule has 6 nitrogen and oxygen atoms in total. The largest absolute Gasteiger partial charge is 0.394 e. The van der Waals surface area contributed by atoms with E-state index < -0.39 is 0 Å². The van der Waals surface area contributed by atoms with Gasteiger partial charge in [-0.25, -0.2) is 4.98 Å². The summed E-state index contributed by atoms with van der Waals surface area (Å²) >= 11 is 6.28. The lowest BCUT2D eigenvalue weighted by molar-refractivity contribution is 0.281. The van der Waals surface area contributed by atoms with E-state index in [2.05, 4.69) is 25.6 Å². The highest BCUT2D eigenvalue weighted by Gasteiger charge is 2.12. The predicted octanol–water partition coefficient (Wildman–Crippen LogP) is 4.35. The van der Waals surface area contributed by atoms with Gasteiger partial charge in [-0.05, 0) is 50.1 Å². The molecule has 3 aromatic rings. The van der Waals surface area contributed by atoms with Gasteiger partial charge < -0.3 is 15.7 Å². The van der Waals surface area contributed by atoms with E-state index in [9.17, 15) is 5.11 Å². The molecule has 1 atom stereocenters. The Hall–Kier alpha value is -2.70. The topological polar surface area (TPSA) is 83.0 Å². The van der Waals surface area contributed by atoms with Gasteiger partial charge in [0.2, 0.25) is 5.95 Å². The summed E-state index contributed by atoms with van der Waals surface area (Å²) in [5, 5.41) is 16.5. The molecule has 27 heavy (non-hydrogen) atoms. The maximum absolute atomic E-state index is 9.33. The van der Waals surface area contributed by atoms with E-state index in [0.717, 1.165) is 28.1 Å². The highest BCUT2D eigenvalue weighted by Crippen LogP contribution is 2.30. The monoisotopic (exact) mass is 383 g/mol. The second-order valence-electron chi connectivity index (χ2n) is 6.42. The van der Waals surface area contributed by atoms with Gasteiger partial charge in [0.1, 0.15) is 5.82 Å². The van der Waals surface area contributed by atoms with Crippen LogP contribution in [0, 0.1) is 13.8 Å². The number of hydrogen-bond donors (Lipinski definition) is 3. The van der Waals surface area contributed by atoms with Crippen LogP contribution >= 0.6 is 11.6 Å². The standard InChI is InChI=1S/C20H22ClN5O/c1-12-6-7-16(21)14(3)19(12)25-18-9-17(15-5-4-8-22-10-15)24-20(26-18)23-13(2)11-27/h4-10,13,27H,11H2,1-3H3,(H2,23,24,25,26)/t13-/m0/s1. The smallest absolute Gasteiger partial charge is 0.225 e. The van der Waals surface area contributed by atoms with Crippen molar-refractivity contribution in [3.05, 3.63) is 58.9 Å². The Labute approximate surface area is 163 Å². The summed E-state index contributed by atoms with van der Waals surface area (Å²) in [7, 11) is 0. The maximum atomic E-state index is 9.33. The van der Waals surface area contributed by atoms with Gasteiger partial charge in [-0.1, -0.05) is 17.7 Å². The molecule has 140 valence electrons. The van der Waals surface area contributed by atoms with Crippen molar-refractivity contribution >= 4 is 29.1 Å². The molecular weight excluding hydrogens is 362 g/mol. The van der Waals surface area contributed by atoms with Crippen LogP contribution in [-0.2, 0) is 0 Å². The molecule has 0 amide bonds. The fraction of sp³-hybridized carbons (Fsp3) is 0.250. The number of hydrogen-bond acceptors (Lipinski definition) is 6. The van der Waals surface area contributed by atoms with Gasteiger partial charge >= 0.3 is 0 Å². The van der Waals surface area contributed by atoms with Crippen LogP contribution in [0.4, 0.5) is 17.5 Å². The average molecular weight is 384 g/mol. The van der Waals surface area contributed by atoms with Crippen molar-refractivity contribution in [2.45, 2.75) is 26.8 Å². The van der Waals surface area contributed by atoms with Gasteiger partial charge in [-0.15, -0.1) is 0 Å². The van der Waals surface area contributed by atoms with Crippen LogP contribution in [0.3, 0.4) is 0 Å². The van der Waals surface area contributed by atoms with E-state index in [-0.39, 0.29) is 12.6 Å². The van der Waals surface area contributed by atoms with Crippen LogP contribution in [0.15, 0.2) is 42.7 Å². The predicted molar refractivity (Wildman–Crippen MR) is 110 cm³/mol. The van der Waals surface area contributed by atoms with Gasteiger partial charge in [0.05, 0.1) is 12.3 Å². The van der Waals surface area contributed by atoms with Gasteiger partial charge in [-0.2, -0.15) is 4.98 Å². The Balaban J connectivity index is 2.04. The third kappa shape index (κ3) is 4.53. The molecule has 3 rings (SSSR count). The van der Waals surface area contributed by atoms with Crippen molar-refractivity contribution in [2.75, 3.05) is 17.2 Å². The normalized spacial score (nSPS) is 11.9. The first-order valence-electron chi connectivity index (χ1n) is 8.67. The molecule has 0 radical (unpaired) electrons. The highest BCUT2D eigenvalue weighted by molar-refractivity contribution is 6.31. The zero-order chi connectivity index (χ0) is 19.4. The Kier molecular flexibility index (Phi) is 5.88. The number of pyridine rings is 1. The van der Waals surface area contributed by atoms with Gasteiger partial charge in [-0.3, -0.25) is 4.98 Å². The van der Waals surface area contributed by atoms with Crippen LogP contribution in [0.2, 0.25) is 5.02 Å². The average Bonchev–Trinajstić information content (AvgIpc) is 2.68. The third-order valence-electron chi connectivity index (χ3n) is 4.19. The number of nitrogens with zero attached hydrogens (tertiary/aromatic N) is 3. The summed E-state index contributed by atoms with van der Waals surface area (Å²) in [6.45, 7) is 5.82. The highest BCUT2D eigenvalue weighted by atomic mass is 35.5. The third-order valence-corrected chi connectivity index (χ3v) is 4.60. The van der Waals surface area contributed by atoms with Gasteiger partial charge in [0, 0.05) is 40.8 Å². The minimum Gasteiger partial charge on any atom is -0.394 e. The summed E-state index contributed by atoms with van der Waals surface area (Å²) in [4.78, 5) is 13.3. The first-order chi connectivity index (χ1) is 13.0. The summed E-state index contributed by atoms with van der Waals surface area (Å²) in [6.07, 6.45) is 3.47. The molecule has 1 aromatic carbocycles. The van der Waals surface area contributed by atoms with E-state index in [1.54, 1.807) is 12.4 Å². The SMILES string of the molecule is Cc1ccc(Cl)c(C)c1Nc1cc(-c2cccnc2)nc(N[C@@H](C)CO)n1. The van der Waals surface area contributed by atoms with Gasteiger partial charge in [0.15, 0.2) is 0 Å². The summed E-state index contributed by atoms with van der Waals surface area (Å²) in [5.41, 5.74) is 4.54.